The van der Waals surface area contributed by atoms with Gasteiger partial charge in [0.05, 0.1) is 10.9 Å². The van der Waals surface area contributed by atoms with Gasteiger partial charge < -0.3 is 4.98 Å². The van der Waals surface area contributed by atoms with E-state index in [0.717, 1.165) is 16.6 Å². The zero-order chi connectivity index (χ0) is 14.1. The van der Waals surface area contributed by atoms with E-state index in [1.807, 2.05) is 55.5 Å². The van der Waals surface area contributed by atoms with Crippen LogP contribution in [0.2, 0.25) is 0 Å². The molecule has 20 heavy (non-hydrogen) atoms. The summed E-state index contributed by atoms with van der Waals surface area (Å²) in [5, 5.41) is 0.668. The van der Waals surface area contributed by atoms with Crippen molar-refractivity contribution in [3.05, 3.63) is 63.7 Å². The molecule has 1 heterocycles. The van der Waals surface area contributed by atoms with Gasteiger partial charge in [0.15, 0.2) is 4.77 Å². The molecular formula is C16H14N2OS. The van der Waals surface area contributed by atoms with E-state index < -0.39 is 0 Å². The van der Waals surface area contributed by atoms with Gasteiger partial charge in [-0.3, -0.25) is 9.36 Å². The molecule has 0 atom stereocenters. The van der Waals surface area contributed by atoms with Crippen LogP contribution in [0.1, 0.15) is 6.92 Å². The number of aromatic nitrogens is 2. The van der Waals surface area contributed by atoms with E-state index >= 15 is 0 Å². The first kappa shape index (κ1) is 12.8. The Morgan fingerprint density at radius 1 is 1.10 bits per heavy atom. The van der Waals surface area contributed by atoms with Crippen molar-refractivity contribution in [2.75, 3.05) is 0 Å². The zero-order valence-electron chi connectivity index (χ0n) is 11.1. The predicted molar refractivity (Wildman–Crippen MR) is 84.5 cm³/mol. The lowest BCUT2D eigenvalue weighted by atomic mass is 10.0. The fraction of sp³-hybridized carbons (Fsp3) is 0.125. The molecule has 1 aromatic heterocycles. The average molecular weight is 282 g/mol. The highest BCUT2D eigenvalue weighted by atomic mass is 32.1. The van der Waals surface area contributed by atoms with Crippen LogP contribution in [0.4, 0.5) is 0 Å². The minimum absolute atomic E-state index is 0.0379. The van der Waals surface area contributed by atoms with Crippen LogP contribution in [0, 0.1) is 4.77 Å². The number of aromatic amines is 1. The molecule has 0 fully saturated rings. The van der Waals surface area contributed by atoms with Crippen LogP contribution in [0.25, 0.3) is 22.0 Å². The molecule has 0 radical (unpaired) electrons. The minimum Gasteiger partial charge on any atom is -0.332 e. The number of H-pyrrole nitrogens is 1. The van der Waals surface area contributed by atoms with Crippen LogP contribution >= 0.6 is 12.2 Å². The maximum atomic E-state index is 12.4. The van der Waals surface area contributed by atoms with Gasteiger partial charge in [-0.15, -0.1) is 0 Å². The molecule has 0 saturated heterocycles. The molecule has 0 spiro atoms. The number of fused-ring (bicyclic) bond motifs is 1. The van der Waals surface area contributed by atoms with Crippen molar-refractivity contribution in [1.29, 1.82) is 0 Å². The summed E-state index contributed by atoms with van der Waals surface area (Å²) in [6, 6.07) is 15.9. The van der Waals surface area contributed by atoms with Crippen LogP contribution in [0.15, 0.2) is 53.3 Å². The van der Waals surface area contributed by atoms with Gasteiger partial charge in [0.2, 0.25) is 0 Å². The number of benzene rings is 2. The summed E-state index contributed by atoms with van der Waals surface area (Å²) in [5.74, 6) is 0. The highest BCUT2D eigenvalue weighted by Crippen LogP contribution is 2.21. The number of nitrogens with zero attached hydrogens (tertiary/aromatic N) is 1. The lowest BCUT2D eigenvalue weighted by molar-refractivity contribution is 0.705. The average Bonchev–Trinajstić information content (AvgIpc) is 2.48. The molecule has 0 unspecified atom stereocenters. The molecule has 0 saturated carbocycles. The van der Waals surface area contributed by atoms with Crippen molar-refractivity contribution in [2.45, 2.75) is 13.5 Å². The van der Waals surface area contributed by atoms with Crippen LogP contribution in [0.5, 0.6) is 0 Å². The van der Waals surface area contributed by atoms with Crippen molar-refractivity contribution >= 4 is 23.1 Å². The van der Waals surface area contributed by atoms with Gasteiger partial charge >= 0.3 is 0 Å². The van der Waals surface area contributed by atoms with Gasteiger partial charge in [-0.25, -0.2) is 0 Å². The lowest BCUT2D eigenvalue weighted by Gasteiger charge is -2.07. The third-order valence-corrected chi connectivity index (χ3v) is 3.73. The Hall–Kier alpha value is -2.20. The SMILES string of the molecule is CCn1c(=S)[nH]c2ccc(-c3ccccc3)cc2c1=O. The number of hydrogen-bond donors (Lipinski definition) is 1. The first-order valence-electron chi connectivity index (χ1n) is 6.53. The number of hydrogen-bond acceptors (Lipinski definition) is 2. The van der Waals surface area contributed by atoms with Crippen molar-refractivity contribution in [3.8, 4) is 11.1 Å². The molecule has 0 bridgehead atoms. The van der Waals surface area contributed by atoms with E-state index in [-0.39, 0.29) is 5.56 Å². The predicted octanol–water partition coefficient (Wildman–Crippen LogP) is 3.75. The molecule has 2 aromatic carbocycles. The largest absolute Gasteiger partial charge is 0.332 e. The quantitative estimate of drug-likeness (QED) is 0.727. The molecular weight excluding hydrogens is 268 g/mol. The Labute approximate surface area is 121 Å². The summed E-state index contributed by atoms with van der Waals surface area (Å²) >= 11 is 5.20. The highest BCUT2D eigenvalue weighted by molar-refractivity contribution is 7.71. The molecule has 3 aromatic rings. The summed E-state index contributed by atoms with van der Waals surface area (Å²) in [6.45, 7) is 2.48. The minimum atomic E-state index is -0.0379. The second kappa shape index (κ2) is 5.06. The van der Waals surface area contributed by atoms with Crippen LogP contribution in [-0.4, -0.2) is 9.55 Å². The third-order valence-electron chi connectivity index (χ3n) is 3.41. The number of nitrogens with one attached hydrogen (secondary N) is 1. The fourth-order valence-electron chi connectivity index (χ4n) is 2.35. The topological polar surface area (TPSA) is 37.8 Å². The van der Waals surface area contributed by atoms with Crippen LogP contribution in [0.3, 0.4) is 0 Å². The highest BCUT2D eigenvalue weighted by Gasteiger charge is 2.06. The van der Waals surface area contributed by atoms with Gasteiger partial charge in [0.1, 0.15) is 0 Å². The molecule has 0 amide bonds. The van der Waals surface area contributed by atoms with Crippen LogP contribution in [-0.2, 0) is 6.54 Å². The fourth-order valence-corrected chi connectivity index (χ4v) is 2.67. The van der Waals surface area contributed by atoms with Crippen LogP contribution < -0.4 is 5.56 Å². The molecule has 100 valence electrons. The smallest absolute Gasteiger partial charge is 0.262 e. The van der Waals surface area contributed by atoms with E-state index in [0.29, 0.717) is 16.7 Å². The Morgan fingerprint density at radius 2 is 1.85 bits per heavy atom. The van der Waals surface area contributed by atoms with Gasteiger partial charge in [0, 0.05) is 6.54 Å². The molecule has 0 aliphatic rings. The Balaban J connectivity index is 2.31. The lowest BCUT2D eigenvalue weighted by Crippen LogP contribution is -2.21. The maximum absolute atomic E-state index is 12.4. The summed E-state index contributed by atoms with van der Waals surface area (Å²) in [7, 11) is 0. The van der Waals surface area contributed by atoms with Crippen molar-refractivity contribution in [2.24, 2.45) is 0 Å². The number of rotatable bonds is 2. The van der Waals surface area contributed by atoms with E-state index in [2.05, 4.69) is 4.98 Å². The first-order valence-corrected chi connectivity index (χ1v) is 6.94. The summed E-state index contributed by atoms with van der Waals surface area (Å²) < 4.78 is 2.05. The Kier molecular flexibility index (Phi) is 3.24. The van der Waals surface area contributed by atoms with Gasteiger partial charge in [-0.1, -0.05) is 36.4 Å². The molecule has 3 rings (SSSR count). The molecule has 0 aliphatic carbocycles. The summed E-state index contributed by atoms with van der Waals surface area (Å²) in [6.07, 6.45) is 0. The maximum Gasteiger partial charge on any atom is 0.262 e. The Morgan fingerprint density at radius 3 is 2.55 bits per heavy atom. The normalized spacial score (nSPS) is 10.8. The van der Waals surface area contributed by atoms with Gasteiger partial charge in [-0.05, 0) is 42.4 Å². The second-order valence-corrected chi connectivity index (χ2v) is 4.99. The molecule has 0 aliphatic heterocycles. The van der Waals surface area contributed by atoms with Crippen molar-refractivity contribution in [3.63, 3.8) is 0 Å². The van der Waals surface area contributed by atoms with Crippen molar-refractivity contribution < 1.29 is 0 Å². The standard InChI is InChI=1S/C16H14N2OS/c1-2-18-15(19)13-10-12(11-6-4-3-5-7-11)8-9-14(13)17-16(18)20/h3-10H,2H2,1H3,(H,17,20). The molecule has 3 nitrogen and oxygen atoms in total. The van der Waals surface area contributed by atoms with Gasteiger partial charge in [0.25, 0.3) is 5.56 Å². The van der Waals surface area contributed by atoms with E-state index in [9.17, 15) is 4.79 Å². The van der Waals surface area contributed by atoms with Crippen molar-refractivity contribution in [1.82, 2.24) is 9.55 Å². The van der Waals surface area contributed by atoms with E-state index in [1.54, 1.807) is 4.57 Å². The molecule has 4 heteroatoms. The summed E-state index contributed by atoms with van der Waals surface area (Å²) in [5.41, 5.74) is 2.87. The second-order valence-electron chi connectivity index (χ2n) is 4.61. The van der Waals surface area contributed by atoms with Gasteiger partial charge in [-0.2, -0.15) is 0 Å². The monoisotopic (exact) mass is 282 g/mol. The van der Waals surface area contributed by atoms with E-state index in [1.165, 1.54) is 0 Å². The summed E-state index contributed by atoms with van der Waals surface area (Å²) in [4.78, 5) is 15.5. The third kappa shape index (κ3) is 2.08. The van der Waals surface area contributed by atoms with E-state index in [4.69, 9.17) is 12.2 Å². The zero-order valence-corrected chi connectivity index (χ0v) is 11.9. The Bertz CT molecular complexity index is 878. The first-order chi connectivity index (χ1) is 9.70. The molecule has 1 N–H and O–H groups in total.